The van der Waals surface area contributed by atoms with Gasteiger partial charge in [0.15, 0.2) is 0 Å². The standard InChI is InChI=1S/C11H9N3O3/c1-2-17-11(16)7-3-9-10(15)8(4-12)5-13-14(9)6-7/h3,5-6,13H,2H2,1H3. The first-order valence-corrected chi connectivity index (χ1v) is 4.98. The van der Waals surface area contributed by atoms with Crippen molar-refractivity contribution in [2.75, 3.05) is 6.61 Å². The summed E-state index contributed by atoms with van der Waals surface area (Å²) in [5, 5.41) is 11.4. The molecule has 0 aliphatic carbocycles. The predicted octanol–water partition coefficient (Wildman–Crippen LogP) is 0.676. The maximum absolute atomic E-state index is 11.7. The number of aromatic nitrogens is 2. The molecule has 6 heteroatoms. The van der Waals surface area contributed by atoms with Crippen molar-refractivity contribution in [1.82, 2.24) is 9.61 Å². The van der Waals surface area contributed by atoms with Gasteiger partial charge in [0, 0.05) is 12.4 Å². The largest absolute Gasteiger partial charge is 0.462 e. The molecule has 0 spiro atoms. The molecule has 0 aliphatic rings. The zero-order valence-corrected chi connectivity index (χ0v) is 9.06. The van der Waals surface area contributed by atoms with E-state index in [-0.39, 0.29) is 23.3 Å². The van der Waals surface area contributed by atoms with Crippen LogP contribution in [0.15, 0.2) is 23.3 Å². The molecule has 86 valence electrons. The number of rotatable bonds is 2. The first-order valence-electron chi connectivity index (χ1n) is 4.98. The topological polar surface area (TPSA) is 87.4 Å². The molecule has 0 fully saturated rings. The number of hydrogen-bond donors (Lipinski definition) is 1. The van der Waals surface area contributed by atoms with Gasteiger partial charge in [0.25, 0.3) is 0 Å². The third-order valence-electron chi connectivity index (χ3n) is 2.28. The number of esters is 1. The molecular weight excluding hydrogens is 222 g/mol. The number of nitriles is 1. The fourth-order valence-electron chi connectivity index (χ4n) is 1.49. The van der Waals surface area contributed by atoms with Crippen LogP contribution in [0.5, 0.6) is 0 Å². The van der Waals surface area contributed by atoms with E-state index in [0.29, 0.717) is 0 Å². The molecule has 0 aromatic carbocycles. The molecule has 2 rings (SSSR count). The van der Waals surface area contributed by atoms with Crippen molar-refractivity contribution in [3.63, 3.8) is 0 Å². The Morgan fingerprint density at radius 3 is 3.06 bits per heavy atom. The summed E-state index contributed by atoms with van der Waals surface area (Å²) in [5.74, 6) is -0.498. The molecule has 0 atom stereocenters. The number of hydrogen-bond acceptors (Lipinski definition) is 4. The van der Waals surface area contributed by atoms with E-state index in [1.165, 1.54) is 23.0 Å². The van der Waals surface area contributed by atoms with Crippen LogP contribution in [0.25, 0.3) is 5.52 Å². The molecule has 0 saturated heterocycles. The molecule has 0 saturated carbocycles. The van der Waals surface area contributed by atoms with Gasteiger partial charge in [0.05, 0.1) is 12.2 Å². The van der Waals surface area contributed by atoms with Crippen LogP contribution in [0.1, 0.15) is 22.8 Å². The van der Waals surface area contributed by atoms with Gasteiger partial charge in [-0.25, -0.2) is 4.79 Å². The molecule has 2 aromatic heterocycles. The van der Waals surface area contributed by atoms with Crippen molar-refractivity contribution in [2.24, 2.45) is 0 Å². The van der Waals surface area contributed by atoms with E-state index < -0.39 is 11.4 Å². The van der Waals surface area contributed by atoms with Gasteiger partial charge in [0.1, 0.15) is 17.1 Å². The number of carbonyl (C=O) groups excluding carboxylic acids is 1. The SMILES string of the molecule is CCOC(=O)c1cc2c(=O)c(C#N)c[nH]n2c1. The van der Waals surface area contributed by atoms with Gasteiger partial charge in [-0.15, -0.1) is 0 Å². The van der Waals surface area contributed by atoms with Gasteiger partial charge in [-0.05, 0) is 13.0 Å². The minimum Gasteiger partial charge on any atom is -0.462 e. The summed E-state index contributed by atoms with van der Waals surface area (Å²) < 4.78 is 6.21. The summed E-state index contributed by atoms with van der Waals surface area (Å²) >= 11 is 0. The van der Waals surface area contributed by atoms with Gasteiger partial charge in [0.2, 0.25) is 5.43 Å². The third kappa shape index (κ3) is 1.78. The number of ether oxygens (including phenoxy) is 1. The van der Waals surface area contributed by atoms with Crippen LogP contribution in [-0.4, -0.2) is 22.2 Å². The quantitative estimate of drug-likeness (QED) is 0.769. The highest BCUT2D eigenvalue weighted by Crippen LogP contribution is 2.07. The van der Waals surface area contributed by atoms with Crippen LogP contribution < -0.4 is 5.43 Å². The van der Waals surface area contributed by atoms with E-state index >= 15 is 0 Å². The average molecular weight is 231 g/mol. The molecule has 2 aromatic rings. The van der Waals surface area contributed by atoms with Crippen LogP contribution in [-0.2, 0) is 4.74 Å². The monoisotopic (exact) mass is 231 g/mol. The summed E-state index contributed by atoms with van der Waals surface area (Å²) in [6, 6.07) is 3.18. The highest BCUT2D eigenvalue weighted by atomic mass is 16.5. The highest BCUT2D eigenvalue weighted by molar-refractivity contribution is 5.91. The summed E-state index contributed by atoms with van der Waals surface area (Å²) in [5.41, 5.74) is 0.107. The molecule has 6 nitrogen and oxygen atoms in total. The van der Waals surface area contributed by atoms with Crippen molar-refractivity contribution >= 4 is 11.5 Å². The van der Waals surface area contributed by atoms with E-state index in [1.54, 1.807) is 13.0 Å². The number of H-pyrrole nitrogens is 1. The van der Waals surface area contributed by atoms with Crippen LogP contribution in [0.3, 0.4) is 0 Å². The second-order valence-corrected chi connectivity index (χ2v) is 3.33. The Labute approximate surface area is 96.0 Å². The normalized spacial score (nSPS) is 10.1. The van der Waals surface area contributed by atoms with E-state index in [4.69, 9.17) is 10.00 Å². The summed E-state index contributed by atoms with van der Waals surface area (Å²) in [4.78, 5) is 23.2. The average Bonchev–Trinajstić information content (AvgIpc) is 2.75. The molecule has 0 unspecified atom stereocenters. The zero-order valence-electron chi connectivity index (χ0n) is 9.06. The Morgan fingerprint density at radius 1 is 1.65 bits per heavy atom. The van der Waals surface area contributed by atoms with E-state index in [1.807, 2.05) is 0 Å². The van der Waals surface area contributed by atoms with E-state index in [0.717, 1.165) is 0 Å². The molecule has 1 N–H and O–H groups in total. The Hall–Kier alpha value is -2.55. The lowest BCUT2D eigenvalue weighted by Gasteiger charge is -1.96. The predicted molar refractivity (Wildman–Crippen MR) is 58.7 cm³/mol. The number of nitrogens with zero attached hydrogens (tertiary/aromatic N) is 2. The molecule has 0 radical (unpaired) electrons. The van der Waals surface area contributed by atoms with Crippen molar-refractivity contribution in [3.05, 3.63) is 39.8 Å². The third-order valence-corrected chi connectivity index (χ3v) is 2.28. The van der Waals surface area contributed by atoms with Crippen LogP contribution >= 0.6 is 0 Å². The van der Waals surface area contributed by atoms with E-state index in [9.17, 15) is 9.59 Å². The number of fused-ring (bicyclic) bond motifs is 1. The Morgan fingerprint density at radius 2 is 2.41 bits per heavy atom. The summed E-state index contributed by atoms with van der Waals surface area (Å²) in [7, 11) is 0. The summed E-state index contributed by atoms with van der Waals surface area (Å²) in [6.07, 6.45) is 2.75. The lowest BCUT2D eigenvalue weighted by atomic mass is 10.3. The Bertz CT molecular complexity index is 675. The molecule has 17 heavy (non-hydrogen) atoms. The number of nitrogens with one attached hydrogen (secondary N) is 1. The maximum atomic E-state index is 11.7. The fraction of sp³-hybridized carbons (Fsp3) is 0.182. The lowest BCUT2D eigenvalue weighted by molar-refractivity contribution is 0.0526. The maximum Gasteiger partial charge on any atom is 0.339 e. The second kappa shape index (κ2) is 4.14. The van der Waals surface area contributed by atoms with Gasteiger partial charge in [-0.3, -0.25) is 9.31 Å². The minimum absolute atomic E-state index is 0.00556. The molecule has 2 heterocycles. The Kier molecular flexibility index (Phi) is 2.66. The first-order chi connectivity index (χ1) is 8.17. The van der Waals surface area contributed by atoms with Crippen molar-refractivity contribution < 1.29 is 9.53 Å². The van der Waals surface area contributed by atoms with E-state index in [2.05, 4.69) is 5.10 Å². The van der Waals surface area contributed by atoms with Crippen molar-refractivity contribution in [2.45, 2.75) is 6.92 Å². The molecule has 0 amide bonds. The minimum atomic E-state index is -0.498. The molecule has 0 bridgehead atoms. The van der Waals surface area contributed by atoms with Gasteiger partial charge in [-0.1, -0.05) is 0 Å². The second-order valence-electron chi connectivity index (χ2n) is 3.33. The Balaban J connectivity index is 2.59. The van der Waals surface area contributed by atoms with Crippen LogP contribution in [0, 0.1) is 11.3 Å². The lowest BCUT2D eigenvalue weighted by Crippen LogP contribution is -2.10. The van der Waals surface area contributed by atoms with Crippen LogP contribution in [0.4, 0.5) is 0 Å². The van der Waals surface area contributed by atoms with Gasteiger partial charge in [-0.2, -0.15) is 5.26 Å². The molecule has 0 aliphatic heterocycles. The number of carbonyl (C=O) groups is 1. The van der Waals surface area contributed by atoms with Gasteiger partial charge < -0.3 is 9.84 Å². The molecular formula is C11H9N3O3. The summed E-state index contributed by atoms with van der Waals surface area (Å²) in [6.45, 7) is 1.97. The highest BCUT2D eigenvalue weighted by Gasteiger charge is 2.12. The smallest absolute Gasteiger partial charge is 0.339 e. The van der Waals surface area contributed by atoms with Crippen molar-refractivity contribution in [3.8, 4) is 6.07 Å². The first kappa shape index (κ1) is 11.0. The van der Waals surface area contributed by atoms with Gasteiger partial charge >= 0.3 is 5.97 Å². The zero-order chi connectivity index (χ0) is 12.4. The number of aromatic amines is 1. The fourth-order valence-corrected chi connectivity index (χ4v) is 1.49. The van der Waals surface area contributed by atoms with Crippen molar-refractivity contribution in [1.29, 1.82) is 5.26 Å². The van der Waals surface area contributed by atoms with Crippen LogP contribution in [0.2, 0.25) is 0 Å².